The standard InChI is InChI=1S/C14H12N2O2S/c1-8-3-4-10(5-9(8)2)12-7-19-14-15-11(13(17)18)6-16(12)14/h3-7H,1-2H3,(H,17,18). The van der Waals surface area contributed by atoms with E-state index in [4.69, 9.17) is 5.11 Å². The molecule has 0 radical (unpaired) electrons. The van der Waals surface area contributed by atoms with Crippen LogP contribution in [0, 0.1) is 13.8 Å². The van der Waals surface area contributed by atoms with Gasteiger partial charge in [0.15, 0.2) is 10.7 Å². The van der Waals surface area contributed by atoms with Crippen molar-refractivity contribution in [3.8, 4) is 11.3 Å². The van der Waals surface area contributed by atoms with E-state index in [2.05, 4.69) is 31.0 Å². The van der Waals surface area contributed by atoms with Crippen LogP contribution in [0.15, 0.2) is 29.8 Å². The fraction of sp³-hybridized carbons (Fsp3) is 0.143. The molecule has 0 saturated heterocycles. The molecular formula is C14H12N2O2S. The van der Waals surface area contributed by atoms with Crippen molar-refractivity contribution in [2.24, 2.45) is 0 Å². The smallest absolute Gasteiger partial charge is 0.356 e. The molecule has 0 aliphatic rings. The van der Waals surface area contributed by atoms with Gasteiger partial charge in [-0.15, -0.1) is 11.3 Å². The van der Waals surface area contributed by atoms with Gasteiger partial charge in [0.2, 0.25) is 0 Å². The van der Waals surface area contributed by atoms with Crippen LogP contribution in [0.5, 0.6) is 0 Å². The van der Waals surface area contributed by atoms with E-state index in [1.54, 1.807) is 6.20 Å². The molecule has 5 heteroatoms. The van der Waals surface area contributed by atoms with Gasteiger partial charge >= 0.3 is 5.97 Å². The van der Waals surface area contributed by atoms with E-state index < -0.39 is 5.97 Å². The average Bonchev–Trinajstić information content (AvgIpc) is 2.92. The minimum absolute atomic E-state index is 0.0805. The van der Waals surface area contributed by atoms with Crippen LogP contribution in [0.3, 0.4) is 0 Å². The largest absolute Gasteiger partial charge is 0.476 e. The van der Waals surface area contributed by atoms with Gasteiger partial charge in [-0.05, 0) is 36.6 Å². The van der Waals surface area contributed by atoms with Gasteiger partial charge in [-0.3, -0.25) is 4.40 Å². The lowest BCUT2D eigenvalue weighted by molar-refractivity contribution is 0.0691. The lowest BCUT2D eigenvalue weighted by atomic mass is 10.0. The maximum atomic E-state index is 10.9. The molecular weight excluding hydrogens is 260 g/mol. The number of nitrogens with zero attached hydrogens (tertiary/aromatic N) is 2. The van der Waals surface area contributed by atoms with Gasteiger partial charge in [0, 0.05) is 11.6 Å². The van der Waals surface area contributed by atoms with Crippen molar-refractivity contribution in [3.63, 3.8) is 0 Å². The number of aromatic nitrogens is 2. The predicted octanol–water partition coefficient (Wildman–Crippen LogP) is 3.38. The van der Waals surface area contributed by atoms with Gasteiger partial charge in [-0.2, -0.15) is 0 Å². The molecule has 0 spiro atoms. The molecule has 19 heavy (non-hydrogen) atoms. The first kappa shape index (κ1) is 11.9. The fourth-order valence-electron chi connectivity index (χ4n) is 2.00. The van der Waals surface area contributed by atoms with Crippen molar-refractivity contribution in [1.29, 1.82) is 0 Å². The van der Waals surface area contributed by atoms with Crippen LogP contribution in [0.1, 0.15) is 21.6 Å². The first-order valence-corrected chi connectivity index (χ1v) is 6.72. The van der Waals surface area contributed by atoms with Crippen LogP contribution in [0.25, 0.3) is 16.2 Å². The van der Waals surface area contributed by atoms with Gasteiger partial charge in [-0.25, -0.2) is 9.78 Å². The Hall–Kier alpha value is -2.14. The van der Waals surface area contributed by atoms with Crippen LogP contribution in [0.2, 0.25) is 0 Å². The summed E-state index contributed by atoms with van der Waals surface area (Å²) < 4.78 is 1.83. The normalized spacial score (nSPS) is 11.1. The second kappa shape index (κ2) is 4.20. The molecule has 0 fully saturated rings. The minimum atomic E-state index is -0.998. The van der Waals surface area contributed by atoms with Gasteiger partial charge in [0.1, 0.15) is 0 Å². The van der Waals surface area contributed by atoms with Crippen LogP contribution < -0.4 is 0 Å². The molecule has 0 aliphatic carbocycles. The summed E-state index contributed by atoms with van der Waals surface area (Å²) in [5.41, 5.74) is 4.59. The number of benzene rings is 1. The highest BCUT2D eigenvalue weighted by atomic mass is 32.1. The number of rotatable bonds is 2. The molecule has 2 heterocycles. The molecule has 1 N–H and O–H groups in total. The Balaban J connectivity index is 2.18. The zero-order valence-electron chi connectivity index (χ0n) is 10.5. The molecule has 4 nitrogen and oxygen atoms in total. The molecule has 0 atom stereocenters. The summed E-state index contributed by atoms with van der Waals surface area (Å²) in [6.45, 7) is 4.14. The quantitative estimate of drug-likeness (QED) is 0.778. The maximum Gasteiger partial charge on any atom is 0.356 e. The number of aryl methyl sites for hydroxylation is 2. The van der Waals surface area contributed by atoms with Crippen molar-refractivity contribution in [3.05, 3.63) is 46.6 Å². The van der Waals surface area contributed by atoms with Crippen molar-refractivity contribution in [2.45, 2.75) is 13.8 Å². The van der Waals surface area contributed by atoms with E-state index in [1.807, 2.05) is 15.8 Å². The SMILES string of the molecule is Cc1ccc(-c2csc3nc(C(=O)O)cn23)cc1C. The molecule has 2 aromatic heterocycles. The van der Waals surface area contributed by atoms with Crippen molar-refractivity contribution in [2.75, 3.05) is 0 Å². The first-order valence-electron chi connectivity index (χ1n) is 5.84. The Morgan fingerprint density at radius 2 is 2.11 bits per heavy atom. The molecule has 0 unspecified atom stereocenters. The van der Waals surface area contributed by atoms with Crippen molar-refractivity contribution >= 4 is 22.3 Å². The average molecular weight is 272 g/mol. The van der Waals surface area contributed by atoms with E-state index in [0.29, 0.717) is 4.96 Å². The molecule has 3 rings (SSSR count). The number of fused-ring (bicyclic) bond motifs is 1. The van der Waals surface area contributed by atoms with Crippen LogP contribution >= 0.6 is 11.3 Å². The number of hydrogen-bond donors (Lipinski definition) is 1. The van der Waals surface area contributed by atoms with E-state index >= 15 is 0 Å². The summed E-state index contributed by atoms with van der Waals surface area (Å²) in [5.74, 6) is -0.998. The minimum Gasteiger partial charge on any atom is -0.476 e. The van der Waals surface area contributed by atoms with E-state index in [1.165, 1.54) is 22.5 Å². The second-order valence-electron chi connectivity index (χ2n) is 4.50. The fourth-order valence-corrected chi connectivity index (χ4v) is 2.88. The zero-order valence-corrected chi connectivity index (χ0v) is 11.4. The van der Waals surface area contributed by atoms with Gasteiger partial charge < -0.3 is 5.11 Å². The summed E-state index contributed by atoms with van der Waals surface area (Å²) in [7, 11) is 0. The summed E-state index contributed by atoms with van der Waals surface area (Å²) in [6, 6.07) is 6.23. The summed E-state index contributed by atoms with van der Waals surface area (Å²) in [5, 5.41) is 11.0. The second-order valence-corrected chi connectivity index (χ2v) is 5.34. The molecule has 0 amide bonds. The molecule has 3 aromatic rings. The van der Waals surface area contributed by atoms with Crippen LogP contribution in [-0.4, -0.2) is 20.5 Å². The van der Waals surface area contributed by atoms with E-state index in [9.17, 15) is 4.79 Å². The van der Waals surface area contributed by atoms with Crippen molar-refractivity contribution < 1.29 is 9.90 Å². The predicted molar refractivity (Wildman–Crippen MR) is 74.9 cm³/mol. The Morgan fingerprint density at radius 3 is 2.79 bits per heavy atom. The highest BCUT2D eigenvalue weighted by Gasteiger charge is 2.13. The van der Waals surface area contributed by atoms with Gasteiger partial charge in [-0.1, -0.05) is 12.1 Å². The lowest BCUT2D eigenvalue weighted by Crippen LogP contribution is -1.95. The molecule has 0 saturated carbocycles. The molecule has 1 aromatic carbocycles. The maximum absolute atomic E-state index is 10.9. The van der Waals surface area contributed by atoms with E-state index in [0.717, 1.165) is 11.3 Å². The summed E-state index contributed by atoms with van der Waals surface area (Å²) in [4.78, 5) is 15.7. The summed E-state index contributed by atoms with van der Waals surface area (Å²) in [6.07, 6.45) is 1.57. The van der Waals surface area contributed by atoms with Gasteiger partial charge in [0.05, 0.1) is 5.69 Å². The summed E-state index contributed by atoms with van der Waals surface area (Å²) >= 11 is 1.45. The highest BCUT2D eigenvalue weighted by molar-refractivity contribution is 7.15. The molecule has 0 aliphatic heterocycles. The van der Waals surface area contributed by atoms with E-state index in [-0.39, 0.29) is 5.69 Å². The number of aromatic carboxylic acids is 1. The number of carboxylic acids is 1. The number of carbonyl (C=O) groups is 1. The topological polar surface area (TPSA) is 54.6 Å². The number of thiazole rings is 1. The van der Waals surface area contributed by atoms with Crippen LogP contribution in [0.4, 0.5) is 0 Å². The lowest BCUT2D eigenvalue weighted by Gasteiger charge is -2.04. The Kier molecular flexibility index (Phi) is 2.64. The third-order valence-electron chi connectivity index (χ3n) is 3.23. The molecule has 0 bridgehead atoms. The zero-order chi connectivity index (χ0) is 13.6. The number of carboxylic acid groups (broad SMARTS) is 1. The third kappa shape index (κ3) is 1.92. The first-order chi connectivity index (χ1) is 9.06. The Labute approximate surface area is 114 Å². The number of hydrogen-bond acceptors (Lipinski definition) is 3. The van der Waals surface area contributed by atoms with Crippen LogP contribution in [-0.2, 0) is 0 Å². The third-order valence-corrected chi connectivity index (χ3v) is 4.07. The Morgan fingerprint density at radius 1 is 1.32 bits per heavy atom. The number of imidazole rings is 1. The van der Waals surface area contributed by atoms with Gasteiger partial charge in [0.25, 0.3) is 0 Å². The molecule has 96 valence electrons. The highest BCUT2D eigenvalue weighted by Crippen LogP contribution is 2.27. The monoisotopic (exact) mass is 272 g/mol. The van der Waals surface area contributed by atoms with Crippen molar-refractivity contribution in [1.82, 2.24) is 9.38 Å². The Bertz CT molecular complexity index is 786.